The van der Waals surface area contributed by atoms with Gasteiger partial charge in [-0.2, -0.15) is 5.26 Å². The second-order valence-electron chi connectivity index (χ2n) is 19.6. The molecule has 6 aliphatic carbocycles. The monoisotopic (exact) mass is 654 g/mol. The summed E-state index contributed by atoms with van der Waals surface area (Å²) in [6.07, 6.45) is 27.4. The minimum Gasteiger partial charge on any atom is -0.403 e. The first-order chi connectivity index (χ1) is 22.6. The van der Waals surface area contributed by atoms with Gasteiger partial charge in [0.05, 0.1) is 11.0 Å². The Kier molecular flexibility index (Phi) is 9.79. The SMILES string of the molecule is CC1(C)CCC2(C(=O)N[B]C3CCCCCCCCCCC3)CC[C@]3(C)C(=CCC4[C@@]5(C)C=C(C#N)C(=O)C(C)(C)[C@@H]5CC[C@]43C)[C@@H]2C1. The molecule has 4 saturated carbocycles. The number of allylic oxidation sites excluding steroid dienone is 4. The molecule has 7 atom stereocenters. The van der Waals surface area contributed by atoms with E-state index in [0.29, 0.717) is 23.2 Å². The third-order valence-electron chi connectivity index (χ3n) is 16.1. The van der Waals surface area contributed by atoms with Crippen LogP contribution in [0.4, 0.5) is 0 Å². The minimum absolute atomic E-state index is 0.00472. The number of carbonyl (C=O) groups excluding carboxylic acids is 2. The lowest BCUT2D eigenvalue weighted by Gasteiger charge is -2.70. The number of hydrogen-bond acceptors (Lipinski definition) is 3. The lowest BCUT2D eigenvalue weighted by Crippen LogP contribution is -2.64. The Hall–Kier alpha value is -1.83. The molecule has 48 heavy (non-hydrogen) atoms. The lowest BCUT2D eigenvalue weighted by atomic mass is 9.34. The van der Waals surface area contributed by atoms with Crippen molar-refractivity contribution in [2.45, 2.75) is 176 Å². The molecule has 1 N–H and O–H groups in total. The highest BCUT2D eigenvalue weighted by atomic mass is 16.2. The first kappa shape index (κ1) is 36.0. The molecule has 0 heterocycles. The average molecular weight is 654 g/mol. The fraction of sp³-hybridized carbons (Fsp3) is 0.837. The van der Waals surface area contributed by atoms with Gasteiger partial charge in [-0.1, -0.05) is 137 Å². The van der Waals surface area contributed by atoms with E-state index in [0.717, 1.165) is 51.4 Å². The van der Waals surface area contributed by atoms with E-state index in [2.05, 4.69) is 79.3 Å². The molecule has 4 nitrogen and oxygen atoms in total. The molecule has 263 valence electrons. The van der Waals surface area contributed by atoms with E-state index in [-0.39, 0.29) is 44.7 Å². The first-order valence-electron chi connectivity index (χ1n) is 20.2. The Morgan fingerprint density at radius 3 is 2.04 bits per heavy atom. The van der Waals surface area contributed by atoms with Crippen molar-refractivity contribution in [2.24, 2.45) is 50.2 Å². The van der Waals surface area contributed by atoms with Crippen LogP contribution in [0.15, 0.2) is 23.3 Å². The second-order valence-corrected chi connectivity index (χ2v) is 19.6. The lowest BCUT2D eigenvalue weighted by molar-refractivity contribution is -0.165. The van der Waals surface area contributed by atoms with E-state index < -0.39 is 5.41 Å². The van der Waals surface area contributed by atoms with Crippen LogP contribution in [0.1, 0.15) is 170 Å². The average Bonchev–Trinajstić information content (AvgIpc) is 3.02. The molecule has 6 rings (SSSR count). The van der Waals surface area contributed by atoms with Gasteiger partial charge in [0.1, 0.15) is 6.07 Å². The standard InChI is InChI=1S/C43H66BN2O2/c1-38(2)23-25-43(37(48)46-44-31-17-15-13-11-9-8-10-12-14-16-18-31)26-24-41(6)32(33(43)28-38)19-20-35-40(5)27-30(29-45)36(47)39(3,4)34(40)21-22-42(35,41)7/h19,27,31,33-35H,8-18,20-26,28H2,1-7H3,(H,46,48)/t33-,34-,35?,40-,41+,42+,43?/m0/s1. The topological polar surface area (TPSA) is 70.0 Å². The molecule has 2 unspecified atom stereocenters. The summed E-state index contributed by atoms with van der Waals surface area (Å²) in [5, 5.41) is 13.6. The van der Waals surface area contributed by atoms with Gasteiger partial charge < -0.3 is 5.23 Å². The van der Waals surface area contributed by atoms with Crippen molar-refractivity contribution in [3.63, 3.8) is 0 Å². The molecule has 6 aliphatic rings. The fourth-order valence-electron chi connectivity index (χ4n) is 12.9. The van der Waals surface area contributed by atoms with Gasteiger partial charge in [-0.15, -0.1) is 0 Å². The van der Waals surface area contributed by atoms with Crippen LogP contribution in [0, 0.1) is 61.6 Å². The summed E-state index contributed by atoms with van der Waals surface area (Å²) in [6.45, 7) is 16.5. The highest BCUT2D eigenvalue weighted by Gasteiger charge is 2.69. The number of carbonyl (C=O) groups is 2. The Bertz CT molecular complexity index is 1360. The molecule has 0 aromatic rings. The smallest absolute Gasteiger partial charge is 0.249 e. The van der Waals surface area contributed by atoms with E-state index in [1.807, 2.05) is 0 Å². The van der Waals surface area contributed by atoms with E-state index in [4.69, 9.17) is 0 Å². The number of fused-ring (bicyclic) bond motifs is 7. The van der Waals surface area contributed by atoms with Gasteiger partial charge in [0.15, 0.2) is 5.78 Å². The van der Waals surface area contributed by atoms with Crippen LogP contribution in [0.3, 0.4) is 0 Å². The van der Waals surface area contributed by atoms with Crippen molar-refractivity contribution in [3.05, 3.63) is 23.3 Å². The van der Waals surface area contributed by atoms with Crippen LogP contribution in [-0.2, 0) is 9.59 Å². The van der Waals surface area contributed by atoms with E-state index in [9.17, 15) is 14.9 Å². The number of ketones is 1. The normalized spacial score (nSPS) is 41.6. The van der Waals surface area contributed by atoms with Gasteiger partial charge in [0.25, 0.3) is 0 Å². The van der Waals surface area contributed by atoms with Crippen LogP contribution >= 0.6 is 0 Å². The van der Waals surface area contributed by atoms with Crippen molar-refractivity contribution in [1.29, 1.82) is 5.26 Å². The maximum Gasteiger partial charge on any atom is 0.249 e. The molecular formula is C43H66BN2O2. The van der Waals surface area contributed by atoms with Gasteiger partial charge in [-0.25, -0.2) is 0 Å². The second kappa shape index (κ2) is 13.1. The van der Waals surface area contributed by atoms with Crippen molar-refractivity contribution in [1.82, 2.24) is 5.23 Å². The molecule has 1 amide bonds. The molecule has 0 bridgehead atoms. The molecule has 0 saturated heterocycles. The van der Waals surface area contributed by atoms with Crippen LogP contribution in [0.5, 0.6) is 0 Å². The molecule has 1 radical (unpaired) electrons. The van der Waals surface area contributed by atoms with E-state index in [1.165, 1.54) is 70.6 Å². The molecule has 0 spiro atoms. The Balaban J connectivity index is 1.29. The number of hydrogen-bond donors (Lipinski definition) is 1. The number of nitrogens with one attached hydrogen (secondary N) is 1. The van der Waals surface area contributed by atoms with Gasteiger partial charge in [-0.05, 0) is 96.6 Å². The number of rotatable bonds is 3. The van der Waals surface area contributed by atoms with E-state index >= 15 is 0 Å². The first-order valence-corrected chi connectivity index (χ1v) is 20.2. The quantitative estimate of drug-likeness (QED) is 0.243. The van der Waals surface area contributed by atoms with E-state index in [1.54, 1.807) is 5.57 Å². The van der Waals surface area contributed by atoms with Gasteiger partial charge >= 0.3 is 0 Å². The number of amides is 1. The number of nitrogens with zero attached hydrogens (tertiary/aromatic N) is 1. The summed E-state index contributed by atoms with van der Waals surface area (Å²) in [6, 6.07) is 2.31. The highest BCUT2D eigenvalue weighted by molar-refractivity contribution is 6.39. The number of nitriles is 1. The molecule has 4 fully saturated rings. The van der Waals surface area contributed by atoms with Crippen molar-refractivity contribution in [3.8, 4) is 6.07 Å². The van der Waals surface area contributed by atoms with Crippen LogP contribution in [0.25, 0.3) is 0 Å². The van der Waals surface area contributed by atoms with Crippen molar-refractivity contribution < 1.29 is 9.59 Å². The third kappa shape index (κ3) is 5.80. The van der Waals surface area contributed by atoms with Gasteiger partial charge in [0, 0.05) is 5.41 Å². The zero-order valence-corrected chi connectivity index (χ0v) is 31.7. The van der Waals surface area contributed by atoms with Gasteiger partial charge in [0.2, 0.25) is 13.3 Å². The predicted octanol–water partition coefficient (Wildman–Crippen LogP) is 10.9. The zero-order chi connectivity index (χ0) is 34.6. The van der Waals surface area contributed by atoms with Crippen LogP contribution < -0.4 is 5.23 Å². The minimum atomic E-state index is -0.530. The predicted molar refractivity (Wildman–Crippen MR) is 197 cm³/mol. The molecule has 0 aromatic carbocycles. The summed E-state index contributed by atoms with van der Waals surface area (Å²) in [4.78, 5) is 28.1. The highest BCUT2D eigenvalue weighted by Crippen LogP contribution is 2.75. The summed E-state index contributed by atoms with van der Waals surface area (Å²) in [7, 11) is 2.24. The Labute approximate surface area is 294 Å². The summed E-state index contributed by atoms with van der Waals surface area (Å²) >= 11 is 0. The zero-order valence-electron chi connectivity index (χ0n) is 31.7. The van der Waals surface area contributed by atoms with Crippen molar-refractivity contribution in [2.75, 3.05) is 0 Å². The Morgan fingerprint density at radius 2 is 1.42 bits per heavy atom. The maximum atomic E-state index is 14.7. The summed E-state index contributed by atoms with van der Waals surface area (Å²) in [5.74, 6) is 1.68. The third-order valence-corrected chi connectivity index (χ3v) is 16.1. The van der Waals surface area contributed by atoms with Crippen LogP contribution in [-0.4, -0.2) is 19.1 Å². The summed E-state index contributed by atoms with van der Waals surface area (Å²) < 4.78 is 0. The largest absolute Gasteiger partial charge is 0.403 e. The molecule has 0 aliphatic heterocycles. The van der Waals surface area contributed by atoms with Crippen molar-refractivity contribution >= 4 is 19.1 Å². The molecule has 0 aromatic heterocycles. The Morgan fingerprint density at radius 1 is 0.812 bits per heavy atom. The maximum absolute atomic E-state index is 14.7. The fourth-order valence-corrected chi connectivity index (χ4v) is 12.9. The number of Topliss-reactive ketones (excluding diaryl/α,β-unsaturated/α-hetero) is 1. The summed E-state index contributed by atoms with van der Waals surface area (Å²) in [5.41, 5.74) is 1.12. The van der Waals surface area contributed by atoms with Gasteiger partial charge in [-0.3, -0.25) is 9.59 Å². The molecule has 5 heteroatoms. The van der Waals surface area contributed by atoms with Crippen LogP contribution in [0.2, 0.25) is 5.82 Å². The molecular weight excluding hydrogens is 587 g/mol.